The van der Waals surface area contributed by atoms with Gasteiger partial charge in [0.05, 0.1) is 30.1 Å². The van der Waals surface area contributed by atoms with Crippen molar-refractivity contribution in [2.75, 3.05) is 18.9 Å². The summed E-state index contributed by atoms with van der Waals surface area (Å²) in [5, 5.41) is 4.22. The molecule has 7 nitrogen and oxygen atoms in total. The predicted octanol–water partition coefficient (Wildman–Crippen LogP) is 2.98. The number of amides is 1. The maximum absolute atomic E-state index is 13.4. The van der Waals surface area contributed by atoms with Gasteiger partial charge in [-0.2, -0.15) is 0 Å². The fourth-order valence-electron chi connectivity index (χ4n) is 4.08. The van der Waals surface area contributed by atoms with Crippen LogP contribution in [-0.4, -0.2) is 40.5 Å². The van der Waals surface area contributed by atoms with E-state index in [4.69, 9.17) is 14.1 Å². The number of carbonyl (C=O) groups is 1. The monoisotopic (exact) mass is 445 g/mol. The topological polar surface area (TPSA) is 86.4 Å². The molecule has 1 amide bonds. The van der Waals surface area contributed by atoms with E-state index in [2.05, 4.69) is 5.32 Å². The Morgan fingerprint density at radius 3 is 3.10 bits per heavy atom. The number of aromatic nitrogens is 2. The number of nitrogens with zero attached hydrogens (tertiary/aromatic N) is 2. The molecular weight excluding hydrogens is 422 g/mol. The van der Waals surface area contributed by atoms with E-state index >= 15 is 0 Å². The third kappa shape index (κ3) is 3.93. The number of fused-ring (bicyclic) bond motifs is 3. The van der Waals surface area contributed by atoms with Gasteiger partial charge in [0.25, 0.3) is 5.56 Å². The average molecular weight is 446 g/mol. The van der Waals surface area contributed by atoms with Gasteiger partial charge in [-0.1, -0.05) is 11.8 Å². The first-order valence-corrected chi connectivity index (χ1v) is 12.1. The standard InChI is InChI=1S/C21H23N3O4S2/c25-17(22-10-13-4-2-8-27-13)12-29-21-23-19-18(15-6-1-7-16(15)30-19)20(26)24(21)11-14-5-3-9-28-14/h3,5,9,13H,1-2,4,6-8,10-12H2,(H,22,25)/t13-/m1/s1. The van der Waals surface area contributed by atoms with Crippen LogP contribution in [-0.2, 0) is 28.9 Å². The van der Waals surface area contributed by atoms with Crippen molar-refractivity contribution in [2.45, 2.75) is 49.9 Å². The number of hydrogen-bond acceptors (Lipinski definition) is 7. The molecule has 1 N–H and O–H groups in total. The van der Waals surface area contributed by atoms with Gasteiger partial charge in [0.15, 0.2) is 5.16 Å². The van der Waals surface area contributed by atoms with Crippen LogP contribution in [0, 0.1) is 0 Å². The minimum Gasteiger partial charge on any atom is -0.467 e. The SMILES string of the molecule is O=C(CSc1nc2sc3c(c2c(=O)n1Cc1ccco1)CCC3)NC[C@H]1CCCO1. The Kier molecular flexibility index (Phi) is 5.66. The second-order valence-corrected chi connectivity index (χ2v) is 9.66. The molecule has 0 radical (unpaired) electrons. The molecule has 0 spiro atoms. The lowest BCUT2D eigenvalue weighted by molar-refractivity contribution is -0.119. The number of furan rings is 1. The van der Waals surface area contributed by atoms with E-state index in [0.717, 1.165) is 54.5 Å². The molecule has 4 heterocycles. The summed E-state index contributed by atoms with van der Waals surface area (Å²) in [6.45, 7) is 1.60. The van der Waals surface area contributed by atoms with Gasteiger partial charge in [-0.25, -0.2) is 4.98 Å². The van der Waals surface area contributed by atoms with Crippen molar-refractivity contribution in [2.24, 2.45) is 0 Å². The van der Waals surface area contributed by atoms with E-state index in [1.54, 1.807) is 28.2 Å². The largest absolute Gasteiger partial charge is 0.467 e. The number of hydrogen-bond donors (Lipinski definition) is 1. The molecule has 30 heavy (non-hydrogen) atoms. The summed E-state index contributed by atoms with van der Waals surface area (Å²) in [5.74, 6) is 0.811. The van der Waals surface area contributed by atoms with Crippen molar-refractivity contribution in [1.29, 1.82) is 0 Å². The van der Waals surface area contributed by atoms with Crippen molar-refractivity contribution < 1.29 is 13.9 Å². The van der Waals surface area contributed by atoms with Crippen molar-refractivity contribution in [1.82, 2.24) is 14.9 Å². The van der Waals surface area contributed by atoms with Crippen LogP contribution >= 0.6 is 23.1 Å². The second-order valence-electron chi connectivity index (χ2n) is 7.63. The third-order valence-electron chi connectivity index (χ3n) is 5.57. The zero-order valence-corrected chi connectivity index (χ0v) is 18.2. The van der Waals surface area contributed by atoms with Crippen LogP contribution in [0.5, 0.6) is 0 Å². The Balaban J connectivity index is 1.39. The zero-order chi connectivity index (χ0) is 20.5. The number of thioether (sulfide) groups is 1. The molecular formula is C21H23N3O4S2. The predicted molar refractivity (Wildman–Crippen MR) is 116 cm³/mol. The molecule has 0 unspecified atom stereocenters. The van der Waals surface area contributed by atoms with Gasteiger partial charge in [-0.3, -0.25) is 14.2 Å². The lowest BCUT2D eigenvalue weighted by Crippen LogP contribution is -2.33. The van der Waals surface area contributed by atoms with Gasteiger partial charge in [0.2, 0.25) is 5.91 Å². The lowest BCUT2D eigenvalue weighted by atomic mass is 10.2. The van der Waals surface area contributed by atoms with Crippen molar-refractivity contribution >= 4 is 39.2 Å². The van der Waals surface area contributed by atoms with Gasteiger partial charge >= 0.3 is 0 Å². The van der Waals surface area contributed by atoms with Gasteiger partial charge < -0.3 is 14.5 Å². The number of rotatable bonds is 7. The fourth-order valence-corrected chi connectivity index (χ4v) is 6.21. The van der Waals surface area contributed by atoms with E-state index in [9.17, 15) is 9.59 Å². The maximum Gasteiger partial charge on any atom is 0.263 e. The van der Waals surface area contributed by atoms with Crippen LogP contribution in [0.1, 0.15) is 35.5 Å². The van der Waals surface area contributed by atoms with E-state index in [-0.39, 0.29) is 23.3 Å². The quantitative estimate of drug-likeness (QED) is 0.445. The number of aryl methyl sites for hydroxylation is 2. The number of ether oxygens (including phenoxy) is 1. The molecule has 1 saturated heterocycles. The first-order chi connectivity index (χ1) is 14.7. The zero-order valence-electron chi connectivity index (χ0n) is 16.5. The van der Waals surface area contributed by atoms with Gasteiger partial charge in [-0.15, -0.1) is 11.3 Å². The first-order valence-electron chi connectivity index (χ1n) is 10.3. The smallest absolute Gasteiger partial charge is 0.263 e. The highest BCUT2D eigenvalue weighted by Gasteiger charge is 2.24. The Bertz CT molecular complexity index is 1110. The van der Waals surface area contributed by atoms with Gasteiger partial charge in [0.1, 0.15) is 10.6 Å². The van der Waals surface area contributed by atoms with E-state index < -0.39 is 0 Å². The summed E-state index contributed by atoms with van der Waals surface area (Å²) >= 11 is 2.91. The molecule has 3 aromatic rings. The minimum absolute atomic E-state index is 0.0435. The molecule has 0 aromatic carbocycles. The minimum atomic E-state index is -0.0805. The fraction of sp³-hybridized carbons (Fsp3) is 0.476. The Labute approximate surface area is 181 Å². The van der Waals surface area contributed by atoms with Crippen LogP contribution in [0.15, 0.2) is 32.8 Å². The van der Waals surface area contributed by atoms with Gasteiger partial charge in [-0.05, 0) is 49.8 Å². The highest BCUT2D eigenvalue weighted by molar-refractivity contribution is 7.99. The van der Waals surface area contributed by atoms with Crippen molar-refractivity contribution in [3.05, 3.63) is 45.0 Å². The molecule has 0 bridgehead atoms. The summed E-state index contributed by atoms with van der Waals surface area (Å²) in [6, 6.07) is 3.65. The van der Waals surface area contributed by atoms with Crippen LogP contribution in [0.25, 0.3) is 10.2 Å². The molecule has 2 aliphatic rings. The lowest BCUT2D eigenvalue weighted by Gasteiger charge is -2.13. The molecule has 5 rings (SSSR count). The number of thiophene rings is 1. The molecule has 0 saturated carbocycles. The highest BCUT2D eigenvalue weighted by Crippen LogP contribution is 2.35. The molecule has 1 aliphatic carbocycles. The summed E-state index contributed by atoms with van der Waals surface area (Å²) in [4.78, 5) is 32.6. The molecule has 1 aliphatic heterocycles. The Morgan fingerprint density at radius 2 is 2.30 bits per heavy atom. The second kappa shape index (κ2) is 8.56. The number of carbonyl (C=O) groups excluding carboxylic acids is 1. The maximum atomic E-state index is 13.4. The summed E-state index contributed by atoms with van der Waals surface area (Å²) in [5.41, 5.74) is 1.12. The van der Waals surface area contributed by atoms with Crippen LogP contribution < -0.4 is 10.9 Å². The molecule has 158 valence electrons. The van der Waals surface area contributed by atoms with E-state index in [0.29, 0.717) is 24.0 Å². The Hall–Kier alpha value is -2.10. The van der Waals surface area contributed by atoms with Crippen LogP contribution in [0.3, 0.4) is 0 Å². The van der Waals surface area contributed by atoms with E-state index in [1.165, 1.54) is 16.6 Å². The third-order valence-corrected chi connectivity index (χ3v) is 7.73. The summed E-state index contributed by atoms with van der Waals surface area (Å²) < 4.78 is 12.7. The van der Waals surface area contributed by atoms with E-state index in [1.807, 2.05) is 6.07 Å². The molecule has 9 heteroatoms. The highest BCUT2D eigenvalue weighted by atomic mass is 32.2. The molecule has 3 aromatic heterocycles. The van der Waals surface area contributed by atoms with Crippen LogP contribution in [0.4, 0.5) is 0 Å². The van der Waals surface area contributed by atoms with Gasteiger partial charge in [0, 0.05) is 18.0 Å². The molecule has 1 atom stereocenters. The normalized spacial score (nSPS) is 18.2. The number of nitrogens with one attached hydrogen (secondary N) is 1. The first kappa shape index (κ1) is 19.8. The van der Waals surface area contributed by atoms with Crippen molar-refractivity contribution in [3.8, 4) is 0 Å². The Morgan fingerprint density at radius 1 is 1.37 bits per heavy atom. The van der Waals surface area contributed by atoms with Crippen LogP contribution in [0.2, 0.25) is 0 Å². The van der Waals surface area contributed by atoms with Crippen molar-refractivity contribution in [3.63, 3.8) is 0 Å². The summed E-state index contributed by atoms with van der Waals surface area (Å²) in [7, 11) is 0. The average Bonchev–Trinajstić information content (AvgIpc) is 3.51. The summed E-state index contributed by atoms with van der Waals surface area (Å²) in [6.07, 6.45) is 6.78. The molecule has 1 fully saturated rings.